The third kappa shape index (κ3) is 5.92. The van der Waals surface area contributed by atoms with E-state index in [0.717, 1.165) is 23.3 Å². The first kappa shape index (κ1) is 29.7. The molecule has 4 rings (SSSR count). The number of methoxy groups -OCH3 is 3. The van der Waals surface area contributed by atoms with Crippen molar-refractivity contribution in [2.45, 2.75) is 30.4 Å². The lowest BCUT2D eigenvalue weighted by molar-refractivity contribution is -0.763. The van der Waals surface area contributed by atoms with Crippen molar-refractivity contribution < 1.29 is 33.3 Å². The van der Waals surface area contributed by atoms with Crippen LogP contribution in [0.5, 0.6) is 17.2 Å². The molecule has 10 nitrogen and oxygen atoms in total. The van der Waals surface area contributed by atoms with Gasteiger partial charge in [0, 0.05) is 18.2 Å². The molecule has 3 aromatic rings. The minimum absolute atomic E-state index is 0.00821. The SMILES string of the molecule is COc1cc2c(c(OC)c1OC)-c1ccc(SC)c(=O)cc1[C@@H](N(C)C(=O)c1cc(F)cc(CO[N+](=O)[O-])c1)CC2. The van der Waals surface area contributed by atoms with E-state index >= 15 is 0 Å². The summed E-state index contributed by atoms with van der Waals surface area (Å²) in [5, 5.41) is 9.64. The fourth-order valence-corrected chi connectivity index (χ4v) is 5.64. The largest absolute Gasteiger partial charge is 0.493 e. The van der Waals surface area contributed by atoms with Crippen LogP contribution in [0.4, 0.5) is 4.39 Å². The average Bonchev–Trinajstić information content (AvgIpc) is 3.21. The maximum atomic E-state index is 14.4. The predicted molar refractivity (Wildman–Crippen MR) is 151 cm³/mol. The van der Waals surface area contributed by atoms with Gasteiger partial charge in [-0.3, -0.25) is 9.59 Å². The number of carbonyl (C=O) groups is 1. The normalized spacial score (nSPS) is 13.8. The van der Waals surface area contributed by atoms with Gasteiger partial charge in [0.1, 0.15) is 12.4 Å². The summed E-state index contributed by atoms with van der Waals surface area (Å²) in [6.07, 6.45) is 2.72. The molecule has 0 saturated heterocycles. The Morgan fingerprint density at radius 3 is 2.46 bits per heavy atom. The second-order valence-corrected chi connectivity index (χ2v) is 10.1. The number of thioether (sulfide) groups is 1. The van der Waals surface area contributed by atoms with Crippen molar-refractivity contribution >= 4 is 17.7 Å². The lowest BCUT2D eigenvalue weighted by Crippen LogP contribution is -2.32. The third-order valence-corrected chi connectivity index (χ3v) is 7.79. The molecule has 3 aromatic carbocycles. The zero-order chi connectivity index (χ0) is 29.8. The highest BCUT2D eigenvalue weighted by Crippen LogP contribution is 2.51. The van der Waals surface area contributed by atoms with E-state index in [9.17, 15) is 24.1 Å². The molecule has 1 amide bonds. The van der Waals surface area contributed by atoms with Crippen LogP contribution >= 0.6 is 11.8 Å². The molecular weight excluding hydrogens is 555 g/mol. The Balaban J connectivity index is 1.89. The van der Waals surface area contributed by atoms with E-state index in [2.05, 4.69) is 4.84 Å². The molecule has 1 aliphatic carbocycles. The number of nitrogens with zero attached hydrogens (tertiary/aromatic N) is 2. The number of hydrogen-bond acceptors (Lipinski definition) is 9. The maximum Gasteiger partial charge on any atom is 0.294 e. The molecule has 216 valence electrons. The van der Waals surface area contributed by atoms with Gasteiger partial charge in [-0.1, -0.05) is 6.07 Å². The van der Waals surface area contributed by atoms with Crippen molar-refractivity contribution in [3.8, 4) is 28.4 Å². The summed E-state index contributed by atoms with van der Waals surface area (Å²) in [6, 6.07) is 9.86. The van der Waals surface area contributed by atoms with Gasteiger partial charge in [-0.15, -0.1) is 21.9 Å². The van der Waals surface area contributed by atoms with Crippen LogP contribution in [0.3, 0.4) is 0 Å². The number of hydrogen-bond donors (Lipinski definition) is 0. The molecule has 12 heteroatoms. The Kier molecular flexibility index (Phi) is 9.01. The van der Waals surface area contributed by atoms with Gasteiger partial charge in [0.25, 0.3) is 11.0 Å². The number of rotatable bonds is 9. The monoisotopic (exact) mass is 584 g/mol. The van der Waals surface area contributed by atoms with Crippen LogP contribution in [0.2, 0.25) is 0 Å². The molecule has 1 aliphatic rings. The lowest BCUT2D eigenvalue weighted by Gasteiger charge is -2.28. The van der Waals surface area contributed by atoms with Gasteiger partial charge in [0.2, 0.25) is 5.75 Å². The van der Waals surface area contributed by atoms with E-state index in [1.165, 1.54) is 50.1 Å². The first-order valence-electron chi connectivity index (χ1n) is 12.5. The molecule has 0 aromatic heterocycles. The molecule has 1 atom stereocenters. The molecule has 0 spiro atoms. The number of carbonyl (C=O) groups excluding carboxylic acids is 1. The van der Waals surface area contributed by atoms with Crippen molar-refractivity contribution in [1.82, 2.24) is 4.90 Å². The summed E-state index contributed by atoms with van der Waals surface area (Å²) in [7, 11) is 6.14. The summed E-state index contributed by atoms with van der Waals surface area (Å²) in [5.74, 6) is 0.0429. The highest BCUT2D eigenvalue weighted by atomic mass is 32.2. The summed E-state index contributed by atoms with van der Waals surface area (Å²) >= 11 is 1.31. The molecule has 0 unspecified atom stereocenters. The smallest absolute Gasteiger partial charge is 0.294 e. The van der Waals surface area contributed by atoms with Crippen molar-refractivity contribution in [2.24, 2.45) is 0 Å². The van der Waals surface area contributed by atoms with Gasteiger partial charge >= 0.3 is 0 Å². The van der Waals surface area contributed by atoms with Crippen molar-refractivity contribution in [2.75, 3.05) is 34.6 Å². The minimum Gasteiger partial charge on any atom is -0.493 e. The first-order valence-corrected chi connectivity index (χ1v) is 13.7. The van der Waals surface area contributed by atoms with Gasteiger partial charge in [-0.25, -0.2) is 4.39 Å². The highest BCUT2D eigenvalue weighted by molar-refractivity contribution is 7.98. The van der Waals surface area contributed by atoms with E-state index in [4.69, 9.17) is 14.2 Å². The molecular formula is C29H29FN2O8S. The molecule has 0 fully saturated rings. The van der Waals surface area contributed by atoms with Crippen molar-refractivity contribution in [3.63, 3.8) is 0 Å². The van der Waals surface area contributed by atoms with Crippen LogP contribution in [0.1, 0.15) is 39.5 Å². The molecule has 0 heterocycles. The molecule has 0 N–H and O–H groups in total. The van der Waals surface area contributed by atoms with E-state index in [-0.39, 0.29) is 16.6 Å². The van der Waals surface area contributed by atoms with E-state index in [1.54, 1.807) is 13.1 Å². The average molecular weight is 585 g/mol. The second-order valence-electron chi connectivity index (χ2n) is 9.27. The fourth-order valence-electron chi connectivity index (χ4n) is 5.18. The number of fused-ring (bicyclic) bond motifs is 3. The number of halogens is 1. The number of benzene rings is 2. The van der Waals surface area contributed by atoms with Gasteiger partial charge < -0.3 is 23.9 Å². The number of amides is 1. The van der Waals surface area contributed by atoms with E-state index in [1.807, 2.05) is 18.4 Å². The Labute approximate surface area is 240 Å². The standard InChI is InChI=1S/C29H29FN2O8S/c1-31(29(34)18-10-16(11-19(30)12-18)15-40-32(35)36)22-8-6-17-13-24(37-2)27(38-3)28(39-4)26(17)20-7-9-25(41-5)23(33)14-21(20)22/h7,9-14,22H,6,8,15H2,1-5H3/t22-/m0/s1. The highest BCUT2D eigenvalue weighted by Gasteiger charge is 2.32. The van der Waals surface area contributed by atoms with Crippen LogP contribution < -0.4 is 19.6 Å². The predicted octanol–water partition coefficient (Wildman–Crippen LogP) is 5.07. The first-order chi connectivity index (χ1) is 19.6. The molecule has 0 saturated carbocycles. The Morgan fingerprint density at radius 1 is 1.10 bits per heavy atom. The second kappa shape index (κ2) is 12.5. The number of aryl methyl sites for hydroxylation is 1. The Hall–Kier alpha value is -4.32. The van der Waals surface area contributed by atoms with E-state index in [0.29, 0.717) is 46.1 Å². The molecule has 0 radical (unpaired) electrons. The zero-order valence-electron chi connectivity index (χ0n) is 23.2. The Morgan fingerprint density at radius 2 is 1.83 bits per heavy atom. The molecule has 41 heavy (non-hydrogen) atoms. The lowest BCUT2D eigenvalue weighted by atomic mass is 9.95. The maximum absolute atomic E-state index is 14.4. The summed E-state index contributed by atoms with van der Waals surface area (Å²) < 4.78 is 31.4. The van der Waals surface area contributed by atoms with Crippen LogP contribution in [0, 0.1) is 15.9 Å². The van der Waals surface area contributed by atoms with Crippen molar-refractivity contribution in [1.29, 1.82) is 0 Å². The fraction of sp³-hybridized carbons (Fsp3) is 0.310. The van der Waals surface area contributed by atoms with Crippen LogP contribution in [-0.2, 0) is 17.9 Å². The summed E-state index contributed by atoms with van der Waals surface area (Å²) in [5.41, 5.74) is 2.77. The number of ether oxygens (including phenoxy) is 3. The van der Waals surface area contributed by atoms with Crippen LogP contribution in [-0.4, -0.2) is 50.5 Å². The van der Waals surface area contributed by atoms with Gasteiger partial charge in [0.05, 0.1) is 32.3 Å². The van der Waals surface area contributed by atoms with Gasteiger partial charge in [-0.2, -0.15) is 0 Å². The van der Waals surface area contributed by atoms with E-state index < -0.39 is 29.5 Å². The quantitative estimate of drug-likeness (QED) is 0.193. The third-order valence-electron chi connectivity index (χ3n) is 7.02. The van der Waals surface area contributed by atoms with Gasteiger partial charge in [-0.05, 0) is 77.7 Å². The van der Waals surface area contributed by atoms with Gasteiger partial charge in [0.15, 0.2) is 16.9 Å². The summed E-state index contributed by atoms with van der Waals surface area (Å²) in [4.78, 5) is 43.9. The minimum atomic E-state index is -0.986. The molecule has 0 bridgehead atoms. The Bertz CT molecular complexity index is 1570. The zero-order valence-corrected chi connectivity index (χ0v) is 24.0. The topological polar surface area (TPSA) is 117 Å². The van der Waals surface area contributed by atoms with Crippen LogP contribution in [0.25, 0.3) is 11.1 Å². The summed E-state index contributed by atoms with van der Waals surface area (Å²) in [6.45, 7) is -0.507. The van der Waals surface area contributed by atoms with Crippen molar-refractivity contribution in [3.05, 3.63) is 90.9 Å². The van der Waals surface area contributed by atoms with Crippen LogP contribution in [0.15, 0.2) is 52.2 Å². The molecule has 0 aliphatic heterocycles.